The molecule has 1 atom stereocenters. The quantitative estimate of drug-likeness (QED) is 0.446. The first kappa shape index (κ1) is 21.3. The normalized spacial score (nSPS) is 11.4. The van der Waals surface area contributed by atoms with Crippen LogP contribution in [0.2, 0.25) is 5.02 Å². The van der Waals surface area contributed by atoms with Gasteiger partial charge in [0.05, 0.1) is 5.56 Å². The molecule has 0 aliphatic heterocycles. The van der Waals surface area contributed by atoms with Gasteiger partial charge in [-0.3, -0.25) is 9.59 Å². The van der Waals surface area contributed by atoms with Gasteiger partial charge in [-0.15, -0.1) is 0 Å². The van der Waals surface area contributed by atoms with Crippen molar-refractivity contribution in [3.05, 3.63) is 100 Å². The van der Waals surface area contributed by atoms with E-state index in [9.17, 15) is 14.4 Å². The Morgan fingerprint density at radius 2 is 1.57 bits per heavy atom. The number of anilines is 1. The zero-order valence-corrected chi connectivity index (χ0v) is 17.3. The number of hydrogen-bond donors (Lipinski definition) is 1. The van der Waals surface area contributed by atoms with Crippen LogP contribution in [-0.2, 0) is 9.53 Å². The van der Waals surface area contributed by atoms with Crippen molar-refractivity contribution in [3.8, 4) is 0 Å². The summed E-state index contributed by atoms with van der Waals surface area (Å²) in [7, 11) is 0. The highest BCUT2D eigenvalue weighted by Gasteiger charge is 2.23. The number of rotatable bonds is 6. The summed E-state index contributed by atoms with van der Waals surface area (Å²) in [4.78, 5) is 37.9. The van der Waals surface area contributed by atoms with Crippen LogP contribution in [0.25, 0.3) is 0 Å². The van der Waals surface area contributed by atoms with Gasteiger partial charge in [-0.1, -0.05) is 41.9 Å². The highest BCUT2D eigenvalue weighted by molar-refractivity contribution is 6.30. The number of carbonyl (C=O) groups excluding carboxylic acids is 3. The first-order valence-corrected chi connectivity index (χ1v) is 9.71. The minimum Gasteiger partial charge on any atom is -0.449 e. The van der Waals surface area contributed by atoms with Gasteiger partial charge in [0.2, 0.25) is 0 Å². The van der Waals surface area contributed by atoms with Gasteiger partial charge in [-0.2, -0.15) is 0 Å². The number of aryl methyl sites for hydroxylation is 1. The molecule has 0 fully saturated rings. The first-order chi connectivity index (χ1) is 14.3. The van der Waals surface area contributed by atoms with Crippen molar-refractivity contribution in [2.45, 2.75) is 20.0 Å². The van der Waals surface area contributed by atoms with Gasteiger partial charge < -0.3 is 10.1 Å². The molecule has 0 radical (unpaired) electrons. The Kier molecular flexibility index (Phi) is 6.65. The van der Waals surface area contributed by atoms with Crippen LogP contribution in [0.1, 0.15) is 38.8 Å². The number of hydrogen-bond acceptors (Lipinski definition) is 4. The van der Waals surface area contributed by atoms with E-state index in [4.69, 9.17) is 16.3 Å². The van der Waals surface area contributed by atoms with Crippen molar-refractivity contribution < 1.29 is 19.1 Å². The van der Waals surface area contributed by atoms with Crippen molar-refractivity contribution in [3.63, 3.8) is 0 Å². The highest BCUT2D eigenvalue weighted by Crippen LogP contribution is 2.19. The molecule has 0 aliphatic carbocycles. The lowest BCUT2D eigenvalue weighted by Gasteiger charge is -2.15. The van der Waals surface area contributed by atoms with Crippen molar-refractivity contribution in [1.82, 2.24) is 0 Å². The maximum absolute atomic E-state index is 12.8. The van der Waals surface area contributed by atoms with Gasteiger partial charge in [0.15, 0.2) is 11.9 Å². The fraction of sp³-hybridized carbons (Fsp3) is 0.125. The molecule has 3 aromatic carbocycles. The van der Waals surface area contributed by atoms with E-state index in [1.54, 1.807) is 48.5 Å². The first-order valence-electron chi connectivity index (χ1n) is 9.33. The van der Waals surface area contributed by atoms with Gasteiger partial charge in [-0.25, -0.2) is 4.79 Å². The second kappa shape index (κ2) is 9.37. The molecule has 0 saturated heterocycles. The van der Waals surface area contributed by atoms with Gasteiger partial charge in [0.1, 0.15) is 0 Å². The van der Waals surface area contributed by atoms with E-state index in [-0.39, 0.29) is 16.9 Å². The van der Waals surface area contributed by atoms with Crippen LogP contribution in [-0.4, -0.2) is 23.8 Å². The second-order valence-electron chi connectivity index (χ2n) is 6.79. The van der Waals surface area contributed by atoms with Gasteiger partial charge in [-0.05, 0) is 61.9 Å². The van der Waals surface area contributed by atoms with Gasteiger partial charge >= 0.3 is 5.97 Å². The Labute approximate surface area is 179 Å². The van der Waals surface area contributed by atoms with Crippen LogP contribution >= 0.6 is 11.6 Å². The number of amides is 1. The highest BCUT2D eigenvalue weighted by atomic mass is 35.5. The second-order valence-corrected chi connectivity index (χ2v) is 7.22. The van der Waals surface area contributed by atoms with E-state index in [1.807, 2.05) is 25.1 Å². The summed E-state index contributed by atoms with van der Waals surface area (Å²) in [6.45, 7) is 3.39. The van der Waals surface area contributed by atoms with E-state index in [2.05, 4.69) is 5.32 Å². The molecule has 30 heavy (non-hydrogen) atoms. The number of esters is 1. The van der Waals surface area contributed by atoms with E-state index in [1.165, 1.54) is 13.0 Å². The molecule has 1 amide bonds. The van der Waals surface area contributed by atoms with E-state index >= 15 is 0 Å². The number of benzene rings is 3. The molecule has 152 valence electrons. The number of nitrogens with one attached hydrogen (secondary N) is 1. The molecule has 3 rings (SSSR count). The predicted molar refractivity (Wildman–Crippen MR) is 116 cm³/mol. The fourth-order valence-electron chi connectivity index (χ4n) is 2.86. The predicted octanol–water partition coefficient (Wildman–Crippen LogP) is 5.06. The summed E-state index contributed by atoms with van der Waals surface area (Å²) >= 11 is 5.87. The Hall–Kier alpha value is -3.44. The lowest BCUT2D eigenvalue weighted by molar-refractivity contribution is -0.123. The Bertz CT molecular complexity index is 1090. The molecule has 0 aliphatic rings. The molecule has 0 aromatic heterocycles. The standard InChI is InChI=1S/C24H20ClNO4/c1-15-6-5-7-19(14-15)26-23(28)16(2)30-24(29)21-9-4-3-8-20(21)22(27)17-10-12-18(25)13-11-17/h3-14,16H,1-2H3,(H,26,28). The van der Waals surface area contributed by atoms with Crippen molar-refractivity contribution >= 4 is 34.9 Å². The van der Waals surface area contributed by atoms with Crippen LogP contribution in [0.5, 0.6) is 0 Å². The largest absolute Gasteiger partial charge is 0.449 e. The maximum atomic E-state index is 12.8. The average molecular weight is 422 g/mol. The molecular formula is C24H20ClNO4. The molecule has 1 unspecified atom stereocenters. The van der Waals surface area contributed by atoms with Crippen molar-refractivity contribution in [2.24, 2.45) is 0 Å². The van der Waals surface area contributed by atoms with E-state index < -0.39 is 18.0 Å². The lowest BCUT2D eigenvalue weighted by atomic mass is 9.98. The summed E-state index contributed by atoms with van der Waals surface area (Å²) < 4.78 is 5.32. The summed E-state index contributed by atoms with van der Waals surface area (Å²) in [5, 5.41) is 3.22. The minimum absolute atomic E-state index is 0.0904. The molecule has 1 N–H and O–H groups in total. The van der Waals surface area contributed by atoms with Crippen LogP contribution < -0.4 is 5.32 Å². The summed E-state index contributed by atoms with van der Waals surface area (Å²) in [5.74, 6) is -1.55. The summed E-state index contributed by atoms with van der Waals surface area (Å²) in [6, 6.07) is 20.0. The number of ketones is 1. The Balaban J connectivity index is 1.74. The Morgan fingerprint density at radius 3 is 2.23 bits per heavy atom. The average Bonchev–Trinajstić information content (AvgIpc) is 2.73. The third-order valence-corrected chi connectivity index (χ3v) is 4.69. The molecule has 0 spiro atoms. The smallest absolute Gasteiger partial charge is 0.339 e. The van der Waals surface area contributed by atoms with Crippen molar-refractivity contribution in [1.29, 1.82) is 0 Å². The van der Waals surface area contributed by atoms with Gasteiger partial charge in [0.25, 0.3) is 5.91 Å². The molecular weight excluding hydrogens is 402 g/mol. The molecule has 0 bridgehead atoms. The van der Waals surface area contributed by atoms with Gasteiger partial charge in [0, 0.05) is 21.8 Å². The monoisotopic (exact) mass is 421 g/mol. The van der Waals surface area contributed by atoms with E-state index in [0.29, 0.717) is 16.3 Å². The minimum atomic E-state index is -1.04. The molecule has 6 heteroatoms. The Morgan fingerprint density at radius 1 is 0.900 bits per heavy atom. The van der Waals surface area contributed by atoms with Crippen molar-refractivity contribution in [2.75, 3.05) is 5.32 Å². The zero-order valence-electron chi connectivity index (χ0n) is 16.5. The third-order valence-electron chi connectivity index (χ3n) is 4.44. The molecule has 0 saturated carbocycles. The zero-order chi connectivity index (χ0) is 21.7. The third kappa shape index (κ3) is 5.13. The SMILES string of the molecule is Cc1cccc(NC(=O)C(C)OC(=O)c2ccccc2C(=O)c2ccc(Cl)cc2)c1. The van der Waals surface area contributed by atoms with Crippen LogP contribution in [0.15, 0.2) is 72.8 Å². The topological polar surface area (TPSA) is 72.5 Å². The summed E-state index contributed by atoms with van der Waals surface area (Å²) in [6.07, 6.45) is -1.04. The fourth-order valence-corrected chi connectivity index (χ4v) is 2.99. The van der Waals surface area contributed by atoms with Crippen LogP contribution in [0, 0.1) is 6.92 Å². The van der Waals surface area contributed by atoms with Crippen LogP contribution in [0.4, 0.5) is 5.69 Å². The van der Waals surface area contributed by atoms with E-state index in [0.717, 1.165) is 5.56 Å². The van der Waals surface area contributed by atoms with Crippen LogP contribution in [0.3, 0.4) is 0 Å². The molecule has 0 heterocycles. The molecule has 3 aromatic rings. The number of carbonyl (C=O) groups is 3. The maximum Gasteiger partial charge on any atom is 0.339 e. The molecule has 5 nitrogen and oxygen atoms in total. The summed E-state index contributed by atoms with van der Waals surface area (Å²) in [5.41, 5.74) is 2.28. The number of halogens is 1. The number of ether oxygens (including phenoxy) is 1. The lowest BCUT2D eigenvalue weighted by Crippen LogP contribution is -2.30.